The van der Waals surface area contributed by atoms with Gasteiger partial charge < -0.3 is 9.47 Å². The van der Waals surface area contributed by atoms with Gasteiger partial charge in [-0.3, -0.25) is 0 Å². The highest BCUT2D eigenvalue weighted by atomic mass is 32.1. The molecule has 0 bridgehead atoms. The molecule has 0 aliphatic rings. The Morgan fingerprint density at radius 2 is 0.598 bits per heavy atom. The zero-order valence-electron chi connectivity index (χ0n) is 53.1. The van der Waals surface area contributed by atoms with Crippen molar-refractivity contribution in [2.24, 2.45) is 0 Å². The summed E-state index contributed by atoms with van der Waals surface area (Å²) in [6.07, 6.45) is 0. The molecule has 0 aliphatic heterocycles. The Bertz CT molecular complexity index is 5170. The van der Waals surface area contributed by atoms with E-state index < -0.39 is 16.1 Å². The second kappa shape index (κ2) is 25.5. The molecule has 97 heavy (non-hydrogen) atoms. The van der Waals surface area contributed by atoms with Crippen molar-refractivity contribution in [1.82, 2.24) is 13.3 Å². The van der Waals surface area contributed by atoms with Gasteiger partial charge in [0.2, 0.25) is 0 Å². The smallest absolute Gasteiger partial charge is 0.179 e. The number of rotatable bonds is 16. The van der Waals surface area contributed by atoms with Crippen LogP contribution in [0.4, 0.5) is 17.1 Å². The lowest BCUT2D eigenvalue weighted by atomic mass is 10.00. The molecule has 0 atom stereocenters. The highest BCUT2D eigenvalue weighted by Crippen LogP contribution is 2.44. The number of aromatic nitrogens is 3. The zero-order chi connectivity index (χ0) is 64.5. The monoisotopic (exact) mass is 1290 g/mol. The fraction of sp³-hybridized carbons (Fsp3) is 0. The van der Waals surface area contributed by atoms with Crippen molar-refractivity contribution in [3.8, 4) is 50.2 Å². The van der Waals surface area contributed by atoms with E-state index >= 15 is 0 Å². The Balaban J connectivity index is 0.772. The first-order valence-electron chi connectivity index (χ1n) is 33.1. The first-order valence-corrected chi connectivity index (χ1v) is 37.8. The van der Waals surface area contributed by atoms with Crippen LogP contribution >= 0.6 is 11.7 Å². The van der Waals surface area contributed by atoms with Gasteiger partial charge in [-0.05, 0) is 129 Å². The van der Waals surface area contributed by atoms with Crippen LogP contribution in [-0.4, -0.2) is 29.5 Å². The minimum absolute atomic E-state index is 0.836. The van der Waals surface area contributed by atoms with Crippen LogP contribution in [0.15, 0.2) is 388 Å². The molecule has 7 heteroatoms. The first kappa shape index (κ1) is 58.9. The standard InChI is InChI=1S/C90H64N4SSi2/c1-8-26-69(27-9-1)81-40-22-24-42-85(81)94-86-43-25-23-41-83(86)84-61-52-70(64-88(84)94)82-62-63-87(90-89(82)91-95-92-90)93(71-53-44-65(45-54-71)67-48-57-79(58-49-67)96(73-28-10-2-11-29-73,74-30-12-3-13-31-74)75-32-14-4-15-33-75)72-55-46-66(47-56-72)68-50-59-80(60-51-68)97(76-34-16-5-17-35-76,77-36-18-6-19-37-77)78-38-20-7-21-39-78/h1-64H. The molecular formula is C90H64N4SSi2. The summed E-state index contributed by atoms with van der Waals surface area (Å²) in [4.78, 5) is 2.36. The molecule has 0 fully saturated rings. The van der Waals surface area contributed by atoms with Crippen LogP contribution in [0.3, 0.4) is 0 Å². The van der Waals surface area contributed by atoms with E-state index in [1.807, 2.05) is 0 Å². The molecule has 0 saturated carbocycles. The maximum absolute atomic E-state index is 5.19. The van der Waals surface area contributed by atoms with Crippen molar-refractivity contribution in [2.45, 2.75) is 0 Å². The average molecular weight is 1290 g/mol. The topological polar surface area (TPSA) is 34.0 Å². The van der Waals surface area contributed by atoms with Crippen molar-refractivity contribution >= 4 is 119 Å². The molecule has 0 spiro atoms. The summed E-state index contributed by atoms with van der Waals surface area (Å²) in [5, 5.41) is 13.2. The number of hydrogen-bond acceptors (Lipinski definition) is 4. The third-order valence-corrected chi connectivity index (χ3v) is 29.8. The predicted octanol–water partition coefficient (Wildman–Crippen LogP) is 17.7. The Hall–Kier alpha value is -11.8. The summed E-state index contributed by atoms with van der Waals surface area (Å²) < 4.78 is 12.8. The summed E-state index contributed by atoms with van der Waals surface area (Å²) in [6.45, 7) is 0. The van der Waals surface area contributed by atoms with Crippen LogP contribution in [-0.2, 0) is 0 Å². The molecule has 17 rings (SSSR count). The van der Waals surface area contributed by atoms with Crippen LogP contribution < -0.4 is 46.4 Å². The lowest BCUT2D eigenvalue weighted by Crippen LogP contribution is -2.74. The maximum atomic E-state index is 5.19. The van der Waals surface area contributed by atoms with Crippen LogP contribution in [0.5, 0.6) is 0 Å². The van der Waals surface area contributed by atoms with Crippen LogP contribution in [0.1, 0.15) is 0 Å². The first-order chi connectivity index (χ1) is 48.1. The second-order valence-electron chi connectivity index (χ2n) is 24.8. The largest absolute Gasteiger partial charge is 0.309 e. The Kier molecular flexibility index (Phi) is 15.5. The third kappa shape index (κ3) is 10.4. The van der Waals surface area contributed by atoms with E-state index in [4.69, 9.17) is 8.75 Å². The molecule has 0 N–H and O–H groups in total. The zero-order valence-corrected chi connectivity index (χ0v) is 56.0. The molecule has 0 radical (unpaired) electrons. The number of anilines is 3. The summed E-state index contributed by atoms with van der Waals surface area (Å²) in [7, 11) is -5.41. The molecule has 2 aromatic heterocycles. The summed E-state index contributed by atoms with van der Waals surface area (Å²) in [5.74, 6) is 0. The SMILES string of the molecule is c1ccc(-c2ccccc2-n2c3ccccc3c3ccc(-c4ccc(N(c5ccc(-c6ccc([Si](c7ccccc7)(c7ccccc7)c7ccccc7)cc6)cc5)c5ccc(-c6ccc([Si](c7ccccc7)(c7ccccc7)c7ccccc7)cc6)cc5)c5nsnc45)cc32)cc1. The van der Waals surface area contributed by atoms with Crippen molar-refractivity contribution in [1.29, 1.82) is 0 Å². The Morgan fingerprint density at radius 1 is 0.247 bits per heavy atom. The number of para-hydroxylation sites is 2. The van der Waals surface area contributed by atoms with Crippen LogP contribution in [0.25, 0.3) is 83.0 Å². The van der Waals surface area contributed by atoms with Crippen LogP contribution in [0.2, 0.25) is 0 Å². The van der Waals surface area contributed by atoms with Gasteiger partial charge in [0.1, 0.15) is 11.0 Å². The molecule has 0 amide bonds. The number of hydrogen-bond donors (Lipinski definition) is 0. The van der Waals surface area contributed by atoms with Crippen molar-refractivity contribution < 1.29 is 0 Å². The molecule has 4 nitrogen and oxygen atoms in total. The van der Waals surface area contributed by atoms with E-state index in [9.17, 15) is 0 Å². The molecule has 0 aliphatic carbocycles. The van der Waals surface area contributed by atoms with Gasteiger partial charge in [-0.2, -0.15) is 8.75 Å². The molecule has 458 valence electrons. The molecule has 17 aromatic rings. The van der Waals surface area contributed by atoms with Gasteiger partial charge in [0, 0.05) is 33.3 Å². The van der Waals surface area contributed by atoms with E-state index in [0.717, 1.165) is 78.2 Å². The van der Waals surface area contributed by atoms with Gasteiger partial charge in [-0.25, -0.2) is 0 Å². The molecule has 15 aromatic carbocycles. The molecule has 2 heterocycles. The van der Waals surface area contributed by atoms with Crippen LogP contribution in [0, 0.1) is 0 Å². The highest BCUT2D eigenvalue weighted by Gasteiger charge is 2.43. The number of fused-ring (bicyclic) bond motifs is 4. The fourth-order valence-electron chi connectivity index (χ4n) is 15.2. The Morgan fingerprint density at radius 3 is 1.05 bits per heavy atom. The van der Waals surface area contributed by atoms with Crippen molar-refractivity contribution in [3.63, 3.8) is 0 Å². The van der Waals surface area contributed by atoms with E-state index in [1.54, 1.807) is 0 Å². The van der Waals surface area contributed by atoms with E-state index in [0.29, 0.717) is 0 Å². The summed E-state index contributed by atoms with van der Waals surface area (Å²) in [6, 6.07) is 143. The highest BCUT2D eigenvalue weighted by molar-refractivity contribution is 7.20. The lowest BCUT2D eigenvalue weighted by Gasteiger charge is -2.34. The van der Waals surface area contributed by atoms with Gasteiger partial charge in [0.15, 0.2) is 16.1 Å². The van der Waals surface area contributed by atoms with Gasteiger partial charge in [0.05, 0.1) is 34.1 Å². The van der Waals surface area contributed by atoms with Gasteiger partial charge in [-0.1, -0.05) is 334 Å². The van der Waals surface area contributed by atoms with E-state index in [-0.39, 0.29) is 0 Å². The fourth-order valence-corrected chi connectivity index (χ4v) is 25.2. The molecule has 0 saturated heterocycles. The Labute approximate surface area is 572 Å². The quantitative estimate of drug-likeness (QED) is 0.0714. The van der Waals surface area contributed by atoms with Crippen molar-refractivity contribution in [3.05, 3.63) is 388 Å². The van der Waals surface area contributed by atoms with E-state index in [2.05, 4.69) is 398 Å². The number of nitrogens with zero attached hydrogens (tertiary/aromatic N) is 4. The molecule has 0 unspecified atom stereocenters. The van der Waals surface area contributed by atoms with Gasteiger partial charge in [-0.15, -0.1) is 0 Å². The summed E-state index contributed by atoms with van der Waals surface area (Å²) in [5.41, 5.74) is 17.1. The van der Waals surface area contributed by atoms with Gasteiger partial charge >= 0.3 is 0 Å². The summed E-state index contributed by atoms with van der Waals surface area (Å²) >= 11 is 1.26. The van der Waals surface area contributed by atoms with E-state index in [1.165, 1.54) is 75.1 Å². The normalized spacial score (nSPS) is 11.7. The second-order valence-corrected chi connectivity index (χ2v) is 33.0. The molecular weight excluding hydrogens is 1230 g/mol. The minimum Gasteiger partial charge on any atom is -0.309 e. The predicted molar refractivity (Wildman–Crippen MR) is 415 cm³/mol. The lowest BCUT2D eigenvalue weighted by molar-refractivity contribution is 1.18. The van der Waals surface area contributed by atoms with Crippen molar-refractivity contribution in [2.75, 3.05) is 4.90 Å². The van der Waals surface area contributed by atoms with Gasteiger partial charge in [0.25, 0.3) is 0 Å². The third-order valence-electron chi connectivity index (χ3n) is 19.6. The number of benzene rings is 15. The average Bonchev–Trinajstić information content (AvgIpc) is 1.74. The minimum atomic E-state index is -2.71. The maximum Gasteiger partial charge on any atom is 0.179 e.